The van der Waals surface area contributed by atoms with E-state index in [9.17, 15) is 4.39 Å². The van der Waals surface area contributed by atoms with E-state index in [-0.39, 0.29) is 11.7 Å². The SMILES string of the molecule is COc1ccc(Nc2nc(N)nc(N(CC3CCCCC3)CC3CCCN3Cc3ccccc3)n2)cc1F. The van der Waals surface area contributed by atoms with Crippen LogP contribution in [0, 0.1) is 11.7 Å². The summed E-state index contributed by atoms with van der Waals surface area (Å²) in [4.78, 5) is 18.5. The molecule has 2 aromatic carbocycles. The third-order valence-electron chi connectivity index (χ3n) is 7.69. The molecule has 1 aliphatic carbocycles. The molecule has 1 aliphatic heterocycles. The molecule has 0 amide bonds. The van der Waals surface area contributed by atoms with Crippen LogP contribution in [-0.2, 0) is 6.54 Å². The van der Waals surface area contributed by atoms with Gasteiger partial charge in [-0.1, -0.05) is 49.6 Å². The van der Waals surface area contributed by atoms with Gasteiger partial charge in [0.1, 0.15) is 0 Å². The minimum atomic E-state index is -0.460. The Morgan fingerprint density at radius 3 is 2.58 bits per heavy atom. The van der Waals surface area contributed by atoms with E-state index in [1.165, 1.54) is 57.3 Å². The Morgan fingerprint density at radius 1 is 1.00 bits per heavy atom. The highest BCUT2D eigenvalue weighted by atomic mass is 19.1. The molecular formula is C29H38FN7O. The molecule has 2 aliphatic rings. The van der Waals surface area contributed by atoms with Crippen LogP contribution in [0.2, 0.25) is 0 Å². The van der Waals surface area contributed by atoms with E-state index < -0.39 is 5.82 Å². The summed E-state index contributed by atoms with van der Waals surface area (Å²) in [5, 5.41) is 3.10. The molecule has 8 nitrogen and oxygen atoms in total. The van der Waals surface area contributed by atoms with Crippen LogP contribution in [0.4, 0.5) is 27.9 Å². The second kappa shape index (κ2) is 12.4. The molecule has 0 spiro atoms. The topological polar surface area (TPSA) is 92.4 Å². The quantitative estimate of drug-likeness (QED) is 0.368. The highest BCUT2D eigenvalue weighted by molar-refractivity contribution is 5.57. The number of likely N-dealkylation sites (tertiary alicyclic amines) is 1. The molecule has 1 saturated heterocycles. The summed E-state index contributed by atoms with van der Waals surface area (Å²) in [6, 6.07) is 15.7. The molecule has 1 atom stereocenters. The lowest BCUT2D eigenvalue weighted by Gasteiger charge is -2.34. The second-order valence-corrected chi connectivity index (χ2v) is 10.5. The van der Waals surface area contributed by atoms with Gasteiger partial charge in [0.05, 0.1) is 7.11 Å². The van der Waals surface area contributed by atoms with Gasteiger partial charge < -0.3 is 20.7 Å². The van der Waals surface area contributed by atoms with Gasteiger partial charge in [-0.05, 0) is 55.8 Å². The third kappa shape index (κ3) is 6.69. The Labute approximate surface area is 224 Å². The summed E-state index contributed by atoms with van der Waals surface area (Å²) < 4.78 is 19.3. The highest BCUT2D eigenvalue weighted by Crippen LogP contribution is 2.29. The number of anilines is 4. The average molecular weight is 520 g/mol. The second-order valence-electron chi connectivity index (χ2n) is 10.5. The standard InChI is InChI=1S/C29H38FN7O/c1-38-26-15-14-23(17-25(26)30)32-28-33-27(31)34-29(35-28)37(19-22-11-6-3-7-12-22)20-24-13-8-16-36(24)18-21-9-4-2-5-10-21/h2,4-5,9-10,14-15,17,22,24H,3,6-8,11-13,16,18-20H2,1H3,(H3,31,32,33,34,35). The van der Waals surface area contributed by atoms with E-state index in [0.717, 1.165) is 32.6 Å². The molecule has 0 radical (unpaired) electrons. The fraction of sp³-hybridized carbons (Fsp3) is 0.483. The largest absolute Gasteiger partial charge is 0.494 e. The van der Waals surface area contributed by atoms with Crippen molar-refractivity contribution in [2.45, 2.75) is 57.5 Å². The first-order valence-corrected chi connectivity index (χ1v) is 13.7. The van der Waals surface area contributed by atoms with E-state index in [1.807, 2.05) is 0 Å². The number of aromatic nitrogens is 3. The van der Waals surface area contributed by atoms with Gasteiger partial charge in [0.15, 0.2) is 11.6 Å². The molecule has 202 valence electrons. The minimum Gasteiger partial charge on any atom is -0.494 e. The molecule has 2 fully saturated rings. The van der Waals surface area contributed by atoms with Crippen LogP contribution in [0.3, 0.4) is 0 Å². The normalized spacial score (nSPS) is 18.4. The zero-order chi connectivity index (χ0) is 26.3. The van der Waals surface area contributed by atoms with Crippen molar-refractivity contribution in [2.24, 2.45) is 5.92 Å². The predicted molar refractivity (Wildman–Crippen MR) is 149 cm³/mol. The van der Waals surface area contributed by atoms with Crippen LogP contribution < -0.4 is 20.7 Å². The van der Waals surface area contributed by atoms with Gasteiger partial charge in [-0.2, -0.15) is 15.0 Å². The maximum atomic E-state index is 14.3. The number of nitrogen functional groups attached to an aromatic ring is 1. The van der Waals surface area contributed by atoms with Gasteiger partial charge in [0.2, 0.25) is 17.8 Å². The summed E-state index contributed by atoms with van der Waals surface area (Å²) >= 11 is 0. The van der Waals surface area contributed by atoms with Crippen molar-refractivity contribution >= 4 is 23.5 Å². The summed E-state index contributed by atoms with van der Waals surface area (Å²) in [6.07, 6.45) is 8.65. The molecule has 1 saturated carbocycles. The van der Waals surface area contributed by atoms with E-state index in [1.54, 1.807) is 12.1 Å². The molecule has 1 unspecified atom stereocenters. The molecule has 3 N–H and O–H groups in total. The third-order valence-corrected chi connectivity index (χ3v) is 7.69. The molecular weight excluding hydrogens is 481 g/mol. The Morgan fingerprint density at radius 2 is 1.82 bits per heavy atom. The van der Waals surface area contributed by atoms with E-state index in [2.05, 4.69) is 55.4 Å². The summed E-state index contributed by atoms with van der Waals surface area (Å²) in [5.74, 6) is 1.36. The fourth-order valence-corrected chi connectivity index (χ4v) is 5.75. The van der Waals surface area contributed by atoms with E-state index in [0.29, 0.717) is 29.5 Å². The number of nitrogens with two attached hydrogens (primary N) is 1. The van der Waals surface area contributed by atoms with Crippen LogP contribution in [0.15, 0.2) is 48.5 Å². The van der Waals surface area contributed by atoms with Crippen molar-refractivity contribution < 1.29 is 9.13 Å². The molecule has 0 bridgehead atoms. The van der Waals surface area contributed by atoms with Crippen LogP contribution in [0.1, 0.15) is 50.5 Å². The van der Waals surface area contributed by atoms with Crippen LogP contribution in [-0.4, -0.2) is 52.6 Å². The van der Waals surface area contributed by atoms with Crippen molar-refractivity contribution in [2.75, 3.05) is 42.7 Å². The molecule has 1 aromatic heterocycles. The van der Waals surface area contributed by atoms with Crippen molar-refractivity contribution in [3.63, 3.8) is 0 Å². The average Bonchev–Trinajstić information content (AvgIpc) is 3.35. The first kappa shape index (κ1) is 26.2. The highest BCUT2D eigenvalue weighted by Gasteiger charge is 2.29. The summed E-state index contributed by atoms with van der Waals surface area (Å²) in [6.45, 7) is 3.77. The van der Waals surface area contributed by atoms with Gasteiger partial charge >= 0.3 is 0 Å². The Hall–Kier alpha value is -3.46. The number of rotatable bonds is 10. The predicted octanol–water partition coefficient (Wildman–Crippen LogP) is 5.40. The van der Waals surface area contributed by atoms with E-state index in [4.69, 9.17) is 15.5 Å². The van der Waals surface area contributed by atoms with Crippen molar-refractivity contribution in [1.82, 2.24) is 19.9 Å². The van der Waals surface area contributed by atoms with Gasteiger partial charge in [-0.15, -0.1) is 0 Å². The van der Waals surface area contributed by atoms with E-state index >= 15 is 0 Å². The van der Waals surface area contributed by atoms with Gasteiger partial charge in [-0.25, -0.2) is 4.39 Å². The van der Waals surface area contributed by atoms with Gasteiger partial charge in [0.25, 0.3) is 0 Å². The summed E-state index contributed by atoms with van der Waals surface area (Å²) in [7, 11) is 1.44. The zero-order valence-electron chi connectivity index (χ0n) is 22.2. The lowest BCUT2D eigenvalue weighted by atomic mass is 9.89. The molecule has 3 aromatic rings. The first-order valence-electron chi connectivity index (χ1n) is 13.7. The van der Waals surface area contributed by atoms with Crippen LogP contribution in [0.25, 0.3) is 0 Å². The number of ether oxygens (including phenoxy) is 1. The van der Waals surface area contributed by atoms with Crippen molar-refractivity contribution in [1.29, 1.82) is 0 Å². The Kier molecular flexibility index (Phi) is 8.53. The number of halogens is 1. The van der Waals surface area contributed by atoms with Crippen molar-refractivity contribution in [3.05, 3.63) is 59.9 Å². The molecule has 9 heteroatoms. The number of nitrogens with zero attached hydrogens (tertiary/aromatic N) is 5. The van der Waals surface area contributed by atoms with Crippen LogP contribution >= 0.6 is 0 Å². The fourth-order valence-electron chi connectivity index (χ4n) is 5.75. The number of nitrogens with one attached hydrogen (secondary N) is 1. The lowest BCUT2D eigenvalue weighted by Crippen LogP contribution is -2.43. The molecule has 38 heavy (non-hydrogen) atoms. The molecule has 2 heterocycles. The zero-order valence-corrected chi connectivity index (χ0v) is 22.2. The van der Waals surface area contributed by atoms with Crippen LogP contribution in [0.5, 0.6) is 5.75 Å². The van der Waals surface area contributed by atoms with Crippen molar-refractivity contribution in [3.8, 4) is 5.75 Å². The Bertz CT molecular complexity index is 1190. The first-order chi connectivity index (χ1) is 18.6. The maximum Gasteiger partial charge on any atom is 0.233 e. The maximum absolute atomic E-state index is 14.3. The Balaban J connectivity index is 1.37. The van der Waals surface area contributed by atoms with Gasteiger partial charge in [0, 0.05) is 37.4 Å². The monoisotopic (exact) mass is 519 g/mol. The minimum absolute atomic E-state index is 0.146. The number of hydrogen-bond donors (Lipinski definition) is 2. The number of hydrogen-bond acceptors (Lipinski definition) is 8. The molecule has 5 rings (SSSR count). The smallest absolute Gasteiger partial charge is 0.233 e. The van der Waals surface area contributed by atoms with Gasteiger partial charge in [-0.3, -0.25) is 4.90 Å². The summed E-state index contributed by atoms with van der Waals surface area (Å²) in [5.41, 5.74) is 8.02. The number of benzene rings is 2. The lowest BCUT2D eigenvalue weighted by molar-refractivity contribution is 0.242. The number of methoxy groups -OCH3 is 1.